The predicted molar refractivity (Wildman–Crippen MR) is 156 cm³/mol. The lowest BCUT2D eigenvalue weighted by Gasteiger charge is -2.39. The van der Waals surface area contributed by atoms with Gasteiger partial charge >= 0.3 is 11.9 Å². The van der Waals surface area contributed by atoms with Gasteiger partial charge in [-0.1, -0.05) is 0 Å². The maximum absolute atomic E-state index is 13.9. The molecule has 0 aliphatic carbocycles. The number of aliphatic hydroxyl groups excluding tert-OH is 7. The van der Waals surface area contributed by atoms with Crippen LogP contribution in [0.3, 0.4) is 0 Å². The maximum Gasteiger partial charge on any atom is 0.317 e. The first-order chi connectivity index (χ1) is 23.2. The lowest BCUT2D eigenvalue weighted by atomic mass is 9.99. The minimum Gasteiger partial charge on any atom is -0.508 e. The first kappa shape index (κ1) is 35.7. The number of carboxylic acid groups (broad SMARTS) is 1. The molecule has 5 rings (SSSR count). The van der Waals surface area contributed by atoms with Crippen molar-refractivity contribution in [2.75, 3.05) is 13.2 Å². The Morgan fingerprint density at radius 2 is 1.37 bits per heavy atom. The summed E-state index contributed by atoms with van der Waals surface area (Å²) < 4.78 is 32.8. The van der Waals surface area contributed by atoms with Gasteiger partial charge in [0.2, 0.25) is 23.8 Å². The Bertz CT molecular complexity index is 1720. The number of fused-ring (bicyclic) bond motifs is 1. The smallest absolute Gasteiger partial charge is 0.317 e. The standard InChI is InChI=1S/C30H32O19/c31-8-15-20(37)23(40)25(42)29(47-15)45-12-5-13(33)19-14(6-12)46-27(10-1-3-11(32)4-2-10)28(22(19)39)49-30-26(43)24(41)21(38)16(48-30)9-44-18(36)7-17(34)35/h1-6,15-16,20-21,23-26,29-33,37-38,40-43H,7-9H2,(H,34,35)/t15-,16-,20-,21-,23+,24+,25-,26-,29-,30+/m1/s1. The third kappa shape index (κ3) is 7.39. The summed E-state index contributed by atoms with van der Waals surface area (Å²) >= 11 is 0. The molecular weight excluding hydrogens is 664 g/mol. The van der Waals surface area contributed by atoms with E-state index >= 15 is 0 Å². The van der Waals surface area contributed by atoms with Crippen molar-refractivity contribution in [2.45, 2.75) is 67.8 Å². The average Bonchev–Trinajstić information content (AvgIpc) is 3.05. The highest BCUT2D eigenvalue weighted by molar-refractivity contribution is 5.90. The van der Waals surface area contributed by atoms with Crippen molar-refractivity contribution in [3.8, 4) is 34.3 Å². The van der Waals surface area contributed by atoms with Gasteiger partial charge in [0.1, 0.15) is 90.1 Å². The Balaban J connectivity index is 1.51. The van der Waals surface area contributed by atoms with Crippen LogP contribution in [0.1, 0.15) is 6.42 Å². The lowest BCUT2D eigenvalue weighted by Crippen LogP contribution is -2.60. The number of esters is 1. The van der Waals surface area contributed by atoms with Crippen molar-refractivity contribution >= 4 is 22.9 Å². The van der Waals surface area contributed by atoms with E-state index in [4.69, 9.17) is 33.2 Å². The van der Waals surface area contributed by atoms with Gasteiger partial charge in [-0.05, 0) is 24.3 Å². The number of carboxylic acids is 1. The molecule has 2 aliphatic heterocycles. The summed E-state index contributed by atoms with van der Waals surface area (Å²) in [5, 5.41) is 100. The number of aliphatic carboxylic acids is 1. The fourth-order valence-electron chi connectivity index (χ4n) is 5.15. The van der Waals surface area contributed by atoms with Gasteiger partial charge in [-0.2, -0.15) is 0 Å². The van der Waals surface area contributed by atoms with Crippen LogP contribution >= 0.6 is 0 Å². The molecule has 3 aromatic rings. The fraction of sp³-hybridized carbons (Fsp3) is 0.433. The predicted octanol–water partition coefficient (Wildman–Crippen LogP) is -2.75. The van der Waals surface area contributed by atoms with E-state index in [1.165, 1.54) is 24.3 Å². The highest BCUT2D eigenvalue weighted by Gasteiger charge is 2.47. The van der Waals surface area contributed by atoms with Crippen LogP contribution in [0.25, 0.3) is 22.3 Å². The Hall–Kier alpha value is -4.57. The van der Waals surface area contributed by atoms with Crippen LogP contribution in [0.5, 0.6) is 23.0 Å². The van der Waals surface area contributed by atoms with Crippen LogP contribution in [0.15, 0.2) is 45.6 Å². The molecule has 3 heterocycles. The minimum absolute atomic E-state index is 0.0941. The van der Waals surface area contributed by atoms with Gasteiger partial charge in [-0.3, -0.25) is 14.4 Å². The largest absolute Gasteiger partial charge is 0.508 e. The summed E-state index contributed by atoms with van der Waals surface area (Å²) in [6.45, 7) is -1.53. The normalized spacial score (nSPS) is 30.1. The zero-order chi connectivity index (χ0) is 35.7. The molecule has 1 aromatic heterocycles. The monoisotopic (exact) mass is 696 g/mol. The van der Waals surface area contributed by atoms with Gasteiger partial charge in [0.25, 0.3) is 0 Å². The Morgan fingerprint density at radius 1 is 0.776 bits per heavy atom. The quantitative estimate of drug-likeness (QED) is 0.0759. The van der Waals surface area contributed by atoms with E-state index in [-0.39, 0.29) is 28.4 Å². The summed E-state index contributed by atoms with van der Waals surface area (Å²) in [6.07, 6.45) is -18.7. The molecule has 0 bridgehead atoms. The summed E-state index contributed by atoms with van der Waals surface area (Å²) in [5.74, 6) is -4.98. The second-order valence-electron chi connectivity index (χ2n) is 11.2. The number of hydrogen-bond donors (Lipinski definition) is 10. The molecule has 0 amide bonds. The summed E-state index contributed by atoms with van der Waals surface area (Å²) in [4.78, 5) is 36.4. The van der Waals surface area contributed by atoms with Crippen LogP contribution in [0.4, 0.5) is 0 Å². The van der Waals surface area contributed by atoms with E-state index in [1.54, 1.807) is 0 Å². The first-order valence-electron chi connectivity index (χ1n) is 14.5. The zero-order valence-corrected chi connectivity index (χ0v) is 25.0. The number of rotatable bonds is 10. The molecule has 0 spiro atoms. The molecule has 19 heteroatoms. The molecule has 19 nitrogen and oxygen atoms in total. The number of carbonyl (C=O) groups is 2. The van der Waals surface area contributed by atoms with Gasteiger partial charge in [0, 0.05) is 17.7 Å². The number of carbonyl (C=O) groups excluding carboxylic acids is 1. The first-order valence-corrected chi connectivity index (χ1v) is 14.5. The number of phenols is 2. The van der Waals surface area contributed by atoms with Gasteiger partial charge < -0.3 is 79.2 Å². The minimum atomic E-state index is -2.02. The maximum atomic E-state index is 13.9. The molecule has 0 saturated carbocycles. The number of hydrogen-bond acceptors (Lipinski definition) is 18. The van der Waals surface area contributed by atoms with Crippen LogP contribution in [0, 0.1) is 0 Å². The molecule has 49 heavy (non-hydrogen) atoms. The van der Waals surface area contributed by atoms with E-state index < -0.39 is 115 Å². The summed E-state index contributed by atoms with van der Waals surface area (Å²) in [7, 11) is 0. The molecule has 10 atom stereocenters. The molecule has 10 N–H and O–H groups in total. The molecule has 2 fully saturated rings. The van der Waals surface area contributed by atoms with E-state index in [2.05, 4.69) is 0 Å². The van der Waals surface area contributed by atoms with Crippen LogP contribution in [-0.2, 0) is 23.8 Å². The fourth-order valence-corrected chi connectivity index (χ4v) is 5.15. The highest BCUT2D eigenvalue weighted by Crippen LogP contribution is 2.38. The lowest BCUT2D eigenvalue weighted by molar-refractivity contribution is -0.278. The number of aromatic hydroxyl groups is 2. The number of benzene rings is 2. The van der Waals surface area contributed by atoms with E-state index in [0.717, 1.165) is 12.1 Å². The van der Waals surface area contributed by atoms with Crippen molar-refractivity contribution < 1.29 is 88.8 Å². The van der Waals surface area contributed by atoms with Crippen molar-refractivity contribution in [3.63, 3.8) is 0 Å². The molecule has 0 radical (unpaired) electrons. The van der Waals surface area contributed by atoms with Crippen LogP contribution < -0.4 is 14.9 Å². The molecule has 2 saturated heterocycles. The highest BCUT2D eigenvalue weighted by atomic mass is 16.7. The third-order valence-corrected chi connectivity index (χ3v) is 7.74. The Morgan fingerprint density at radius 3 is 1.98 bits per heavy atom. The third-order valence-electron chi connectivity index (χ3n) is 7.74. The summed E-state index contributed by atoms with van der Waals surface area (Å²) in [6, 6.07) is 7.08. The molecule has 0 unspecified atom stereocenters. The second kappa shape index (κ2) is 14.5. The molecule has 2 aliphatic rings. The van der Waals surface area contributed by atoms with E-state index in [1.807, 2.05) is 0 Å². The van der Waals surface area contributed by atoms with Gasteiger partial charge in [-0.25, -0.2) is 0 Å². The van der Waals surface area contributed by atoms with Crippen molar-refractivity contribution in [1.29, 1.82) is 0 Å². The molecule has 266 valence electrons. The van der Waals surface area contributed by atoms with Gasteiger partial charge in [-0.15, -0.1) is 0 Å². The van der Waals surface area contributed by atoms with Crippen molar-refractivity contribution in [3.05, 3.63) is 46.6 Å². The molecular formula is C30H32O19. The Labute approximate surface area is 273 Å². The number of ether oxygens (including phenoxy) is 5. The topological polar surface area (TPSA) is 313 Å². The summed E-state index contributed by atoms with van der Waals surface area (Å²) in [5.41, 5.74) is -1.32. The van der Waals surface area contributed by atoms with Crippen molar-refractivity contribution in [1.82, 2.24) is 0 Å². The zero-order valence-electron chi connectivity index (χ0n) is 25.0. The second-order valence-corrected chi connectivity index (χ2v) is 11.2. The van der Waals surface area contributed by atoms with E-state index in [0.29, 0.717) is 0 Å². The number of phenolic OH excluding ortho intramolecular Hbond substituents is 2. The van der Waals surface area contributed by atoms with Crippen LogP contribution in [0.2, 0.25) is 0 Å². The van der Waals surface area contributed by atoms with Crippen molar-refractivity contribution in [2.24, 2.45) is 0 Å². The van der Waals surface area contributed by atoms with Gasteiger partial charge in [0.05, 0.1) is 6.61 Å². The average molecular weight is 697 g/mol. The Kier molecular flexibility index (Phi) is 10.6. The van der Waals surface area contributed by atoms with E-state index in [9.17, 15) is 60.3 Å². The van der Waals surface area contributed by atoms with Gasteiger partial charge in [0.15, 0.2) is 5.76 Å². The number of aliphatic hydroxyl groups is 7. The van der Waals surface area contributed by atoms with Crippen LogP contribution in [-0.4, -0.2) is 138 Å². The molecule has 2 aromatic carbocycles. The SMILES string of the molecule is O=C(O)CC(=O)OC[C@H]1O[C@@H](Oc2c(-c3ccc(O)cc3)oc3cc(O[C@@H]4O[C@H](CO)[C@@H](O)[C@H](O)[C@H]4O)cc(O)c3c2=O)[C@H](O)[C@@H](O)[C@@H]1O.